The van der Waals surface area contributed by atoms with Gasteiger partial charge in [-0.2, -0.15) is 0 Å². The Kier molecular flexibility index (Phi) is 6.40. The van der Waals surface area contributed by atoms with Crippen LogP contribution in [0.5, 0.6) is 5.75 Å². The highest BCUT2D eigenvalue weighted by molar-refractivity contribution is 7.49. The van der Waals surface area contributed by atoms with Crippen LogP contribution in [0.25, 0.3) is 0 Å². The van der Waals surface area contributed by atoms with Crippen LogP contribution in [0.3, 0.4) is 0 Å². The number of carbonyl (C=O) groups is 1. The molecule has 0 bridgehead atoms. The van der Waals surface area contributed by atoms with Gasteiger partial charge in [-0.1, -0.05) is 20.7 Å². The molecule has 1 aliphatic heterocycles. The van der Waals surface area contributed by atoms with Crippen molar-refractivity contribution in [3.05, 3.63) is 77.6 Å². The van der Waals surface area contributed by atoms with Crippen molar-refractivity contribution in [2.45, 2.75) is 25.7 Å². The van der Waals surface area contributed by atoms with Gasteiger partial charge in [-0.15, -0.1) is 0 Å². The number of ether oxygens (including phenoxy) is 1. The quantitative estimate of drug-likeness (QED) is 0.568. The monoisotopic (exact) mass is 432 g/mol. The van der Waals surface area contributed by atoms with Crippen molar-refractivity contribution in [2.75, 3.05) is 12.4 Å². The van der Waals surface area contributed by atoms with Crippen molar-refractivity contribution in [1.82, 2.24) is 10.3 Å². The molecule has 0 saturated carbocycles. The van der Waals surface area contributed by atoms with E-state index in [1.54, 1.807) is 19.5 Å². The van der Waals surface area contributed by atoms with Crippen LogP contribution in [-0.4, -0.2) is 30.0 Å². The Morgan fingerprint density at radius 3 is 2.84 bits per heavy atom. The zero-order valence-electron chi connectivity index (χ0n) is 17.7. The second-order valence-corrected chi connectivity index (χ2v) is 8.95. The summed E-state index contributed by atoms with van der Waals surface area (Å²) in [5.74, 6) is 0.828. The third kappa shape index (κ3) is 5.16. The van der Waals surface area contributed by atoms with E-state index in [4.69, 9.17) is 4.74 Å². The highest BCUT2D eigenvalue weighted by atomic mass is 31.1. The van der Waals surface area contributed by atoms with E-state index < -0.39 is 0 Å². The molecule has 4 rings (SSSR count). The molecule has 3 aromatic rings. The Morgan fingerprint density at radius 2 is 2.03 bits per heavy atom. The van der Waals surface area contributed by atoms with Gasteiger partial charge < -0.3 is 10.1 Å². The molecule has 1 aromatic heterocycles. The number of benzene rings is 2. The number of aromatic nitrogens is 1. The Morgan fingerprint density at radius 1 is 1.16 bits per heavy atom. The molecule has 6 nitrogen and oxygen atoms in total. The van der Waals surface area contributed by atoms with Crippen molar-refractivity contribution >= 4 is 37.4 Å². The molecule has 2 N–H and O–H groups in total. The van der Waals surface area contributed by atoms with Crippen molar-refractivity contribution in [3.63, 3.8) is 0 Å². The van der Waals surface area contributed by atoms with Crippen LogP contribution in [0.2, 0.25) is 0 Å². The van der Waals surface area contributed by atoms with E-state index in [0.29, 0.717) is 14.1 Å². The third-order valence-corrected chi connectivity index (χ3v) is 6.43. The number of rotatable bonds is 6. The highest BCUT2D eigenvalue weighted by Gasteiger charge is 2.18. The average Bonchev–Trinajstić information content (AvgIpc) is 2.78. The fourth-order valence-electron chi connectivity index (χ4n) is 3.45. The number of nitrogens with one attached hydrogen (secondary N) is 2. The maximum Gasteiger partial charge on any atom is 0.257 e. The maximum absolute atomic E-state index is 12.5. The first-order valence-corrected chi connectivity index (χ1v) is 11.2. The number of methoxy groups -OCH3 is 1. The first-order chi connectivity index (χ1) is 15.0. The Labute approximate surface area is 183 Å². The molecule has 7 heteroatoms. The SMILES string of the molecule is COc1ccc2c(c1)PC(NC(C)c1cccc(NC(=O)c3cncc(C)c3)c1)C=N2. The molecule has 2 heterocycles. The van der Waals surface area contributed by atoms with Crippen LogP contribution in [0.15, 0.2) is 65.9 Å². The molecule has 0 aliphatic carbocycles. The third-order valence-electron chi connectivity index (χ3n) is 5.09. The summed E-state index contributed by atoms with van der Waals surface area (Å²) in [6.07, 6.45) is 5.28. The van der Waals surface area contributed by atoms with E-state index >= 15 is 0 Å². The van der Waals surface area contributed by atoms with Crippen LogP contribution < -0.4 is 20.7 Å². The summed E-state index contributed by atoms with van der Waals surface area (Å²) in [5.41, 5.74) is 4.35. The minimum absolute atomic E-state index is 0.0913. The van der Waals surface area contributed by atoms with Crippen LogP contribution in [-0.2, 0) is 0 Å². The molecule has 0 radical (unpaired) electrons. The number of anilines is 1. The van der Waals surface area contributed by atoms with Gasteiger partial charge in [-0.05, 0) is 61.4 Å². The molecule has 3 unspecified atom stereocenters. The average molecular weight is 432 g/mol. The number of hydrogen-bond donors (Lipinski definition) is 2. The van der Waals surface area contributed by atoms with Crippen LogP contribution in [0, 0.1) is 6.92 Å². The summed E-state index contributed by atoms with van der Waals surface area (Å²) in [4.78, 5) is 21.2. The number of pyridine rings is 1. The van der Waals surface area contributed by atoms with Gasteiger partial charge in [-0.25, -0.2) is 0 Å². The van der Waals surface area contributed by atoms with Crippen molar-refractivity contribution in [1.29, 1.82) is 0 Å². The maximum atomic E-state index is 12.5. The summed E-state index contributed by atoms with van der Waals surface area (Å²) in [6.45, 7) is 4.03. The van der Waals surface area contributed by atoms with Crippen LogP contribution >= 0.6 is 8.58 Å². The number of hydrogen-bond acceptors (Lipinski definition) is 5. The number of nitrogens with zero attached hydrogens (tertiary/aromatic N) is 2. The number of carbonyl (C=O) groups excluding carboxylic acids is 1. The number of amides is 1. The van der Waals surface area contributed by atoms with Gasteiger partial charge in [0.2, 0.25) is 0 Å². The minimum atomic E-state index is -0.166. The van der Waals surface area contributed by atoms with E-state index in [0.717, 1.165) is 28.3 Å². The smallest absolute Gasteiger partial charge is 0.257 e. The second-order valence-electron chi connectivity index (χ2n) is 7.50. The first kappa shape index (κ1) is 21.2. The molecular weight excluding hydrogens is 407 g/mol. The van der Waals surface area contributed by atoms with E-state index in [1.165, 1.54) is 5.30 Å². The normalized spacial score (nSPS) is 16.5. The number of aliphatic imine (C=N–C) groups is 1. The van der Waals surface area contributed by atoms with E-state index in [-0.39, 0.29) is 17.7 Å². The predicted octanol–water partition coefficient (Wildman–Crippen LogP) is 4.35. The van der Waals surface area contributed by atoms with Crippen molar-refractivity contribution in [2.24, 2.45) is 4.99 Å². The lowest BCUT2D eigenvalue weighted by Crippen LogP contribution is -2.32. The Hall–Kier alpha value is -3.08. The Balaban J connectivity index is 1.42. The standard InChI is InChI=1S/C24H25N4O2P/c1-15-9-18(13-25-12-15)24(29)28-19-6-4-5-17(10-19)16(2)27-23-14-26-21-8-7-20(30-3)11-22(21)31-23/h4-14,16,23,27,31H,1-3H3,(H,28,29). The van der Waals surface area contributed by atoms with E-state index in [9.17, 15) is 4.79 Å². The lowest BCUT2D eigenvalue weighted by atomic mass is 10.1. The summed E-state index contributed by atoms with van der Waals surface area (Å²) in [6, 6.07) is 15.8. The van der Waals surface area contributed by atoms with Crippen LogP contribution in [0.1, 0.15) is 34.5 Å². The number of aryl methyl sites for hydroxylation is 1. The zero-order valence-corrected chi connectivity index (χ0v) is 18.7. The van der Waals surface area contributed by atoms with Crippen molar-refractivity contribution < 1.29 is 9.53 Å². The van der Waals surface area contributed by atoms with Gasteiger partial charge in [0.1, 0.15) is 5.75 Å². The molecular formula is C24H25N4O2P. The Bertz CT molecular complexity index is 1130. The largest absolute Gasteiger partial charge is 0.497 e. The summed E-state index contributed by atoms with van der Waals surface area (Å²) in [5, 5.41) is 7.79. The van der Waals surface area contributed by atoms with Crippen LogP contribution in [0.4, 0.5) is 11.4 Å². The van der Waals surface area contributed by atoms with Gasteiger partial charge in [0.05, 0.1) is 24.1 Å². The second kappa shape index (κ2) is 9.38. The molecule has 158 valence electrons. The lowest BCUT2D eigenvalue weighted by Gasteiger charge is -2.24. The molecule has 0 fully saturated rings. The summed E-state index contributed by atoms with van der Waals surface area (Å²) >= 11 is 0. The molecule has 1 aliphatic rings. The van der Waals surface area contributed by atoms with E-state index in [1.807, 2.05) is 49.5 Å². The minimum Gasteiger partial charge on any atom is -0.497 e. The topological polar surface area (TPSA) is 75.6 Å². The molecule has 0 saturated heterocycles. The molecule has 31 heavy (non-hydrogen) atoms. The van der Waals surface area contributed by atoms with Gasteiger partial charge in [0.25, 0.3) is 5.91 Å². The summed E-state index contributed by atoms with van der Waals surface area (Å²) < 4.78 is 5.34. The molecule has 1 amide bonds. The van der Waals surface area contributed by atoms with Crippen molar-refractivity contribution in [3.8, 4) is 5.75 Å². The molecule has 0 spiro atoms. The van der Waals surface area contributed by atoms with Gasteiger partial charge in [-0.3, -0.25) is 20.1 Å². The molecule has 3 atom stereocenters. The predicted molar refractivity (Wildman–Crippen MR) is 128 cm³/mol. The van der Waals surface area contributed by atoms with Gasteiger partial charge in [0.15, 0.2) is 0 Å². The van der Waals surface area contributed by atoms with Gasteiger partial charge in [0, 0.05) is 35.6 Å². The fourth-order valence-corrected chi connectivity index (χ4v) is 4.79. The lowest BCUT2D eigenvalue weighted by molar-refractivity contribution is 0.102. The number of fused-ring (bicyclic) bond motifs is 1. The van der Waals surface area contributed by atoms with Gasteiger partial charge >= 0.3 is 0 Å². The first-order valence-electron chi connectivity index (χ1n) is 10.1. The summed E-state index contributed by atoms with van der Waals surface area (Å²) in [7, 11) is 2.23. The fraction of sp³-hybridized carbons (Fsp3) is 0.208. The molecule has 2 aromatic carbocycles. The van der Waals surface area contributed by atoms with E-state index in [2.05, 4.69) is 39.7 Å². The zero-order chi connectivity index (χ0) is 21.8. The highest BCUT2D eigenvalue weighted by Crippen LogP contribution is 2.31.